The fraction of sp³-hybridized carbons (Fsp3) is 0.450. The number of hydrogen-bond acceptors (Lipinski definition) is 4. The van der Waals surface area contributed by atoms with E-state index in [0.29, 0.717) is 12.1 Å². The molecule has 2 N–H and O–H groups in total. The summed E-state index contributed by atoms with van der Waals surface area (Å²) < 4.78 is 5.26. The van der Waals surface area contributed by atoms with Crippen molar-refractivity contribution in [1.82, 2.24) is 9.88 Å². The van der Waals surface area contributed by atoms with E-state index in [9.17, 15) is 0 Å². The predicted molar refractivity (Wildman–Crippen MR) is 96.7 cm³/mol. The number of hydrogen-bond donors (Lipinski definition) is 1. The first-order valence-electron chi connectivity index (χ1n) is 8.76. The highest BCUT2D eigenvalue weighted by molar-refractivity contribution is 5.27. The fourth-order valence-electron chi connectivity index (χ4n) is 3.47. The molecule has 4 nitrogen and oxygen atoms in total. The molecule has 0 saturated heterocycles. The summed E-state index contributed by atoms with van der Waals surface area (Å²) in [4.78, 5) is 6.72. The molecule has 1 fully saturated rings. The van der Waals surface area contributed by atoms with E-state index in [2.05, 4.69) is 34.1 Å². The summed E-state index contributed by atoms with van der Waals surface area (Å²) in [6, 6.07) is 13.6. The summed E-state index contributed by atoms with van der Waals surface area (Å²) in [7, 11) is 1.70. The smallest absolute Gasteiger partial charge is 0.118 e. The molecule has 1 aliphatic rings. The van der Waals surface area contributed by atoms with E-state index >= 15 is 0 Å². The van der Waals surface area contributed by atoms with Crippen LogP contribution in [0, 0.1) is 0 Å². The van der Waals surface area contributed by atoms with Crippen molar-refractivity contribution in [2.45, 2.75) is 50.9 Å². The standard InChI is InChI=1S/C20H27N3O/c1-24-20-8-2-16(3-9-20)14-23(15-17-10-12-22-13-11-17)19-6-4-18(21)5-7-19/h2-3,8-13,18-19H,4-7,14-15,21H2,1H3. The van der Waals surface area contributed by atoms with Gasteiger partial charge >= 0.3 is 0 Å². The van der Waals surface area contributed by atoms with Gasteiger partial charge in [0.05, 0.1) is 7.11 Å². The Morgan fingerprint density at radius 1 is 0.958 bits per heavy atom. The lowest BCUT2D eigenvalue weighted by Crippen LogP contribution is -2.40. The molecule has 2 aromatic rings. The van der Waals surface area contributed by atoms with Gasteiger partial charge in [0, 0.05) is 37.6 Å². The first kappa shape index (κ1) is 16.9. The quantitative estimate of drug-likeness (QED) is 0.885. The topological polar surface area (TPSA) is 51.4 Å². The van der Waals surface area contributed by atoms with Crippen LogP contribution in [0.5, 0.6) is 5.75 Å². The van der Waals surface area contributed by atoms with Crippen LogP contribution >= 0.6 is 0 Å². The largest absolute Gasteiger partial charge is 0.497 e. The van der Waals surface area contributed by atoms with Crippen LogP contribution in [-0.4, -0.2) is 29.1 Å². The van der Waals surface area contributed by atoms with Crippen molar-refractivity contribution in [3.8, 4) is 5.75 Å². The van der Waals surface area contributed by atoms with E-state index in [-0.39, 0.29) is 0 Å². The maximum Gasteiger partial charge on any atom is 0.118 e. The van der Waals surface area contributed by atoms with Crippen LogP contribution in [0.15, 0.2) is 48.8 Å². The molecule has 0 radical (unpaired) electrons. The van der Waals surface area contributed by atoms with Crippen LogP contribution in [-0.2, 0) is 13.1 Å². The van der Waals surface area contributed by atoms with E-state index in [4.69, 9.17) is 10.5 Å². The number of ether oxygens (including phenoxy) is 1. The lowest BCUT2D eigenvalue weighted by atomic mass is 9.90. The number of methoxy groups -OCH3 is 1. The molecule has 24 heavy (non-hydrogen) atoms. The second-order valence-corrected chi connectivity index (χ2v) is 6.68. The second kappa shape index (κ2) is 8.27. The van der Waals surface area contributed by atoms with Gasteiger partial charge in [-0.2, -0.15) is 0 Å². The van der Waals surface area contributed by atoms with E-state index < -0.39 is 0 Å². The van der Waals surface area contributed by atoms with Crippen LogP contribution in [0.1, 0.15) is 36.8 Å². The summed E-state index contributed by atoms with van der Waals surface area (Å²) in [6.07, 6.45) is 8.36. The van der Waals surface area contributed by atoms with E-state index in [1.54, 1.807) is 7.11 Å². The van der Waals surface area contributed by atoms with Gasteiger partial charge in [-0.15, -0.1) is 0 Å². The summed E-state index contributed by atoms with van der Waals surface area (Å²) in [5, 5.41) is 0. The minimum atomic E-state index is 0.380. The van der Waals surface area contributed by atoms with Gasteiger partial charge in [0.15, 0.2) is 0 Å². The fourth-order valence-corrected chi connectivity index (χ4v) is 3.47. The van der Waals surface area contributed by atoms with Crippen LogP contribution in [0.4, 0.5) is 0 Å². The number of aromatic nitrogens is 1. The Kier molecular flexibility index (Phi) is 5.83. The first-order chi connectivity index (χ1) is 11.7. The molecule has 1 aliphatic carbocycles. The van der Waals surface area contributed by atoms with Crippen LogP contribution in [0.25, 0.3) is 0 Å². The van der Waals surface area contributed by atoms with Crippen molar-refractivity contribution in [1.29, 1.82) is 0 Å². The van der Waals surface area contributed by atoms with Crippen molar-refractivity contribution in [3.63, 3.8) is 0 Å². The van der Waals surface area contributed by atoms with E-state index in [1.807, 2.05) is 24.5 Å². The van der Waals surface area contributed by atoms with Crippen molar-refractivity contribution in [2.75, 3.05) is 7.11 Å². The minimum Gasteiger partial charge on any atom is -0.497 e. The molecule has 0 amide bonds. The lowest BCUT2D eigenvalue weighted by Gasteiger charge is -2.36. The van der Waals surface area contributed by atoms with Gasteiger partial charge < -0.3 is 10.5 Å². The Morgan fingerprint density at radius 2 is 1.54 bits per heavy atom. The maximum absolute atomic E-state index is 6.09. The molecule has 4 heteroatoms. The van der Waals surface area contributed by atoms with Crippen molar-refractivity contribution >= 4 is 0 Å². The summed E-state index contributed by atoms with van der Waals surface area (Å²) in [5.74, 6) is 0.906. The molecule has 1 aromatic heterocycles. The molecule has 0 spiro atoms. The average Bonchev–Trinajstić information content (AvgIpc) is 2.63. The van der Waals surface area contributed by atoms with Gasteiger partial charge in [-0.1, -0.05) is 12.1 Å². The van der Waals surface area contributed by atoms with Crippen molar-refractivity contribution in [2.24, 2.45) is 5.73 Å². The number of nitrogens with zero attached hydrogens (tertiary/aromatic N) is 2. The molecule has 1 saturated carbocycles. The van der Waals surface area contributed by atoms with Gasteiger partial charge in [0.25, 0.3) is 0 Å². The molecule has 1 aromatic carbocycles. The Morgan fingerprint density at radius 3 is 2.12 bits per heavy atom. The van der Waals surface area contributed by atoms with Crippen LogP contribution < -0.4 is 10.5 Å². The third-order valence-corrected chi connectivity index (χ3v) is 4.94. The highest BCUT2D eigenvalue weighted by Gasteiger charge is 2.24. The SMILES string of the molecule is COc1ccc(CN(Cc2ccncc2)C2CCC(N)CC2)cc1. The zero-order chi connectivity index (χ0) is 16.8. The average molecular weight is 325 g/mol. The Bertz CT molecular complexity index is 607. The summed E-state index contributed by atoms with van der Waals surface area (Å²) in [5.41, 5.74) is 8.73. The highest BCUT2D eigenvalue weighted by atomic mass is 16.5. The first-order valence-corrected chi connectivity index (χ1v) is 8.76. The molecule has 3 rings (SSSR count). The Balaban J connectivity index is 1.73. The molecular weight excluding hydrogens is 298 g/mol. The van der Waals surface area contributed by atoms with Gasteiger partial charge in [-0.05, 0) is 61.1 Å². The number of rotatable bonds is 6. The third-order valence-electron chi connectivity index (χ3n) is 4.94. The Labute approximate surface area is 144 Å². The monoisotopic (exact) mass is 325 g/mol. The van der Waals surface area contributed by atoms with Gasteiger partial charge in [0.2, 0.25) is 0 Å². The molecule has 0 unspecified atom stereocenters. The van der Waals surface area contributed by atoms with Crippen LogP contribution in [0.2, 0.25) is 0 Å². The molecule has 1 heterocycles. The lowest BCUT2D eigenvalue weighted by molar-refractivity contribution is 0.134. The van der Waals surface area contributed by atoms with Gasteiger partial charge in [-0.25, -0.2) is 0 Å². The Hall–Kier alpha value is -1.91. The van der Waals surface area contributed by atoms with Gasteiger partial charge in [-0.3, -0.25) is 9.88 Å². The third kappa shape index (κ3) is 4.56. The molecule has 0 atom stereocenters. The minimum absolute atomic E-state index is 0.380. The second-order valence-electron chi connectivity index (χ2n) is 6.68. The summed E-state index contributed by atoms with van der Waals surface area (Å²) >= 11 is 0. The molecule has 0 bridgehead atoms. The number of nitrogens with two attached hydrogens (primary N) is 1. The zero-order valence-electron chi connectivity index (χ0n) is 14.4. The predicted octanol–water partition coefficient (Wildman–Crippen LogP) is 3.36. The molecular formula is C20H27N3O. The van der Waals surface area contributed by atoms with Crippen LogP contribution in [0.3, 0.4) is 0 Å². The summed E-state index contributed by atoms with van der Waals surface area (Å²) in [6.45, 7) is 1.90. The van der Waals surface area contributed by atoms with Gasteiger partial charge in [0.1, 0.15) is 5.75 Å². The van der Waals surface area contributed by atoms with Crippen molar-refractivity contribution in [3.05, 3.63) is 59.9 Å². The zero-order valence-corrected chi connectivity index (χ0v) is 14.4. The van der Waals surface area contributed by atoms with Crippen molar-refractivity contribution < 1.29 is 4.74 Å². The molecule has 0 aliphatic heterocycles. The van der Waals surface area contributed by atoms with E-state index in [1.165, 1.54) is 24.0 Å². The highest BCUT2D eigenvalue weighted by Crippen LogP contribution is 2.25. The number of pyridine rings is 1. The normalized spacial score (nSPS) is 21.0. The molecule has 128 valence electrons. The van der Waals surface area contributed by atoms with E-state index in [0.717, 1.165) is 31.7 Å². The maximum atomic E-state index is 6.09. The number of benzene rings is 1.